The Bertz CT molecular complexity index is 1210. The van der Waals surface area contributed by atoms with E-state index in [1.165, 1.54) is 9.80 Å². The third-order valence-electron chi connectivity index (χ3n) is 7.96. The van der Waals surface area contributed by atoms with Crippen LogP contribution in [0.15, 0.2) is 36.9 Å². The van der Waals surface area contributed by atoms with Crippen LogP contribution in [0.5, 0.6) is 0 Å². The molecule has 4 heterocycles. The van der Waals surface area contributed by atoms with Gasteiger partial charge in [0.05, 0.1) is 36.1 Å². The van der Waals surface area contributed by atoms with Gasteiger partial charge in [0.1, 0.15) is 23.8 Å². The van der Waals surface area contributed by atoms with Gasteiger partial charge in [0.25, 0.3) is 0 Å². The van der Waals surface area contributed by atoms with Crippen molar-refractivity contribution in [3.05, 3.63) is 36.9 Å². The Labute approximate surface area is 208 Å². The summed E-state index contributed by atoms with van der Waals surface area (Å²) in [5.74, 6) is -4.11. The van der Waals surface area contributed by atoms with E-state index in [1.807, 2.05) is 38.1 Å². The fourth-order valence-electron chi connectivity index (χ4n) is 6.36. The van der Waals surface area contributed by atoms with E-state index >= 15 is 0 Å². The van der Waals surface area contributed by atoms with Gasteiger partial charge in [-0.3, -0.25) is 14.4 Å². The fourth-order valence-corrected chi connectivity index (χ4v) is 6.36. The maximum Gasteiger partial charge on any atom is 0.310 e. The summed E-state index contributed by atoms with van der Waals surface area (Å²) in [6, 6.07) is 5.65. The number of aliphatic carboxylic acids is 1. The summed E-state index contributed by atoms with van der Waals surface area (Å²) in [6.45, 7) is 7.38. The van der Waals surface area contributed by atoms with E-state index in [-0.39, 0.29) is 25.7 Å². The molecule has 11 nitrogen and oxygen atoms in total. The van der Waals surface area contributed by atoms with E-state index in [0.717, 1.165) is 5.52 Å². The van der Waals surface area contributed by atoms with E-state index in [9.17, 15) is 24.6 Å². The standard InChI is InChI=1S/C25H31N5O6/c1-4-11-28(13-29-16-8-6-5-7-15(16)26-27-29)23(33)21-25-10-9-18(36-25)19(24(34)35)20(25)22(32)30(21)17(12-31)14(2)3/h4-8,14,17-21,31H,1,9-13H2,2-3H3,(H,34,35)/t17-,18-,19+,20+,21-,25+/m0/s1. The van der Waals surface area contributed by atoms with Crippen LogP contribution < -0.4 is 0 Å². The summed E-state index contributed by atoms with van der Waals surface area (Å²) >= 11 is 0. The lowest BCUT2D eigenvalue weighted by atomic mass is 9.70. The molecule has 0 saturated carbocycles. The van der Waals surface area contributed by atoms with E-state index in [2.05, 4.69) is 16.9 Å². The van der Waals surface area contributed by atoms with Crippen LogP contribution in [-0.2, 0) is 25.8 Å². The van der Waals surface area contributed by atoms with Crippen molar-refractivity contribution in [2.75, 3.05) is 13.2 Å². The molecular formula is C25H31N5O6. The van der Waals surface area contributed by atoms with E-state index in [1.54, 1.807) is 10.8 Å². The molecule has 1 aromatic heterocycles. The van der Waals surface area contributed by atoms with Crippen molar-refractivity contribution in [2.45, 2.75) is 57.1 Å². The molecule has 1 spiro atoms. The quantitative estimate of drug-likeness (QED) is 0.487. The van der Waals surface area contributed by atoms with Crippen molar-refractivity contribution in [1.29, 1.82) is 0 Å². The van der Waals surface area contributed by atoms with Gasteiger partial charge in [-0.1, -0.05) is 37.3 Å². The Kier molecular flexibility index (Phi) is 6.08. The molecule has 192 valence electrons. The average Bonchev–Trinajstić information content (AvgIpc) is 3.59. The van der Waals surface area contributed by atoms with Gasteiger partial charge in [-0.05, 0) is 30.9 Å². The van der Waals surface area contributed by atoms with Gasteiger partial charge in [-0.25, -0.2) is 4.68 Å². The fraction of sp³-hybridized carbons (Fsp3) is 0.560. The number of aliphatic hydroxyl groups excluding tert-OH is 1. The van der Waals surface area contributed by atoms with Crippen LogP contribution in [0.4, 0.5) is 0 Å². The second-order valence-corrected chi connectivity index (χ2v) is 10.2. The first-order chi connectivity index (χ1) is 17.2. The Morgan fingerprint density at radius 3 is 2.78 bits per heavy atom. The molecule has 6 atom stereocenters. The third kappa shape index (κ3) is 3.44. The molecule has 2 bridgehead atoms. The van der Waals surface area contributed by atoms with Crippen LogP contribution in [0.1, 0.15) is 26.7 Å². The zero-order chi connectivity index (χ0) is 25.8. The molecule has 3 aliphatic rings. The van der Waals surface area contributed by atoms with Gasteiger partial charge in [0.15, 0.2) is 0 Å². The molecule has 1 aromatic carbocycles. The van der Waals surface area contributed by atoms with Crippen LogP contribution in [0.3, 0.4) is 0 Å². The number of aliphatic hydroxyl groups is 1. The van der Waals surface area contributed by atoms with E-state index < -0.39 is 53.4 Å². The SMILES string of the molecule is C=CCN(Cn1nnc2ccccc21)C(=O)[C@@H]1N([C@@H](CO)C(C)C)C(=O)[C@H]2[C@H](C(=O)O)[C@@H]3CC[C@]12O3. The Balaban J connectivity index is 1.57. The molecule has 0 aliphatic carbocycles. The summed E-state index contributed by atoms with van der Waals surface area (Å²) in [4.78, 5) is 43.3. The highest BCUT2D eigenvalue weighted by molar-refractivity contribution is 5.98. The third-order valence-corrected chi connectivity index (χ3v) is 7.96. The monoisotopic (exact) mass is 497 g/mol. The van der Waals surface area contributed by atoms with Crippen LogP contribution in [0.25, 0.3) is 11.0 Å². The number of hydrogen-bond donors (Lipinski definition) is 2. The van der Waals surface area contributed by atoms with Crippen molar-refractivity contribution < 1.29 is 29.3 Å². The summed E-state index contributed by atoms with van der Waals surface area (Å²) in [6.07, 6.45) is 1.83. The second kappa shape index (κ2) is 8.97. The first kappa shape index (κ1) is 24.4. The normalized spacial score (nSPS) is 29.7. The van der Waals surface area contributed by atoms with Gasteiger partial charge in [-0.2, -0.15) is 0 Å². The molecule has 2 aromatic rings. The van der Waals surface area contributed by atoms with Crippen LogP contribution in [-0.4, -0.2) is 89.7 Å². The zero-order valence-electron chi connectivity index (χ0n) is 20.4. The van der Waals surface area contributed by atoms with Crippen LogP contribution in [0.2, 0.25) is 0 Å². The van der Waals surface area contributed by atoms with Gasteiger partial charge >= 0.3 is 5.97 Å². The summed E-state index contributed by atoms with van der Waals surface area (Å²) < 4.78 is 7.87. The van der Waals surface area contributed by atoms with E-state index in [0.29, 0.717) is 18.4 Å². The number of fused-ring (bicyclic) bond motifs is 2. The number of aromatic nitrogens is 3. The van der Waals surface area contributed by atoms with E-state index in [4.69, 9.17) is 4.74 Å². The Morgan fingerprint density at radius 2 is 2.11 bits per heavy atom. The molecule has 11 heteroatoms. The van der Waals surface area contributed by atoms with Gasteiger partial charge < -0.3 is 24.7 Å². The highest BCUT2D eigenvalue weighted by Gasteiger charge is 2.75. The van der Waals surface area contributed by atoms with Gasteiger partial charge in [0, 0.05) is 6.54 Å². The molecule has 3 aliphatic heterocycles. The predicted molar refractivity (Wildman–Crippen MR) is 127 cm³/mol. The minimum Gasteiger partial charge on any atom is -0.481 e. The number of nitrogens with zero attached hydrogens (tertiary/aromatic N) is 5. The Hall–Kier alpha value is -3.31. The predicted octanol–water partition coefficient (Wildman–Crippen LogP) is 0.880. The number of carbonyl (C=O) groups excluding carboxylic acids is 2. The van der Waals surface area contributed by atoms with Crippen molar-refractivity contribution in [3.8, 4) is 0 Å². The summed E-state index contributed by atoms with van der Waals surface area (Å²) in [7, 11) is 0. The lowest BCUT2D eigenvalue weighted by molar-refractivity contribution is -0.155. The highest BCUT2D eigenvalue weighted by atomic mass is 16.5. The number of amides is 2. The zero-order valence-corrected chi connectivity index (χ0v) is 20.4. The first-order valence-corrected chi connectivity index (χ1v) is 12.3. The molecule has 3 saturated heterocycles. The van der Waals surface area contributed by atoms with Crippen LogP contribution >= 0.6 is 0 Å². The molecule has 3 fully saturated rings. The second-order valence-electron chi connectivity index (χ2n) is 10.2. The lowest BCUT2D eigenvalue weighted by Gasteiger charge is -2.40. The van der Waals surface area contributed by atoms with Crippen molar-refractivity contribution in [1.82, 2.24) is 24.8 Å². The number of carbonyl (C=O) groups is 3. The number of hydrogen-bond acceptors (Lipinski definition) is 7. The van der Waals surface area contributed by atoms with Crippen LogP contribution in [0, 0.1) is 17.8 Å². The number of benzene rings is 1. The number of rotatable bonds is 9. The number of carboxylic acids is 1. The van der Waals surface area contributed by atoms with Crippen molar-refractivity contribution >= 4 is 28.8 Å². The average molecular weight is 498 g/mol. The highest BCUT2D eigenvalue weighted by Crippen LogP contribution is 2.59. The van der Waals surface area contributed by atoms with Gasteiger partial charge in [-0.15, -0.1) is 11.7 Å². The lowest BCUT2D eigenvalue weighted by Crippen LogP contribution is -2.59. The smallest absolute Gasteiger partial charge is 0.310 e. The summed E-state index contributed by atoms with van der Waals surface area (Å²) in [5.41, 5.74) is 0.171. The molecule has 2 amide bonds. The maximum atomic E-state index is 14.3. The molecule has 36 heavy (non-hydrogen) atoms. The molecule has 0 unspecified atom stereocenters. The maximum absolute atomic E-state index is 14.3. The number of para-hydroxylation sites is 1. The molecular weight excluding hydrogens is 466 g/mol. The Morgan fingerprint density at radius 1 is 1.36 bits per heavy atom. The number of carboxylic acid groups (broad SMARTS) is 1. The van der Waals surface area contributed by atoms with Crippen molar-refractivity contribution in [3.63, 3.8) is 0 Å². The topological polar surface area (TPSA) is 138 Å². The number of ether oxygens (including phenoxy) is 1. The van der Waals surface area contributed by atoms with Crippen molar-refractivity contribution in [2.24, 2.45) is 17.8 Å². The first-order valence-electron chi connectivity index (χ1n) is 12.3. The molecule has 2 N–H and O–H groups in total. The largest absolute Gasteiger partial charge is 0.481 e. The number of likely N-dealkylation sites (tertiary alicyclic amines) is 1. The minimum atomic E-state index is -1.26. The molecule has 5 rings (SSSR count). The molecule has 0 radical (unpaired) electrons. The summed E-state index contributed by atoms with van der Waals surface area (Å²) in [5, 5.41) is 28.5. The minimum absolute atomic E-state index is 0.0574. The van der Waals surface area contributed by atoms with Gasteiger partial charge in [0.2, 0.25) is 11.8 Å².